The van der Waals surface area contributed by atoms with E-state index < -0.39 is 27.6 Å². The molecule has 0 saturated heterocycles. The van der Waals surface area contributed by atoms with Crippen LogP contribution in [-0.2, 0) is 14.8 Å². The summed E-state index contributed by atoms with van der Waals surface area (Å²) in [5.74, 6) is -2.07. The molecule has 5 nitrogen and oxygen atoms in total. The molecule has 1 N–H and O–H groups in total. The summed E-state index contributed by atoms with van der Waals surface area (Å²) in [7, 11) is -2.24. The summed E-state index contributed by atoms with van der Waals surface area (Å²) in [5, 5.41) is 2.37. The molecule has 0 radical (unpaired) electrons. The average molecular weight is 449 g/mol. The van der Waals surface area contributed by atoms with Crippen molar-refractivity contribution >= 4 is 39.1 Å². The first kappa shape index (κ1) is 21.8. The zero-order valence-electron chi connectivity index (χ0n) is 15.9. The Bertz CT molecular complexity index is 1140. The van der Waals surface area contributed by atoms with Gasteiger partial charge in [0.2, 0.25) is 5.91 Å². The van der Waals surface area contributed by atoms with Crippen molar-refractivity contribution in [3.63, 3.8) is 0 Å². The average Bonchev–Trinajstić information content (AvgIpc) is 2.74. The lowest BCUT2D eigenvalue weighted by Crippen LogP contribution is -2.26. The highest BCUT2D eigenvalue weighted by Gasteiger charge is 2.21. The van der Waals surface area contributed by atoms with Gasteiger partial charge in [-0.1, -0.05) is 18.2 Å². The van der Waals surface area contributed by atoms with Crippen LogP contribution in [0.1, 0.15) is 0 Å². The van der Waals surface area contributed by atoms with Crippen LogP contribution >= 0.6 is 11.8 Å². The molecule has 30 heavy (non-hydrogen) atoms. The summed E-state index contributed by atoms with van der Waals surface area (Å²) >= 11 is 1.16. The molecule has 3 aromatic rings. The smallest absolute Gasteiger partial charge is 0.264 e. The lowest BCUT2D eigenvalue weighted by Gasteiger charge is -2.19. The highest BCUT2D eigenvalue weighted by molar-refractivity contribution is 8.00. The monoisotopic (exact) mass is 448 g/mol. The van der Waals surface area contributed by atoms with Crippen LogP contribution in [0, 0.1) is 11.6 Å². The molecule has 0 spiro atoms. The number of para-hydroxylation sites is 1. The van der Waals surface area contributed by atoms with E-state index in [1.54, 1.807) is 42.5 Å². The molecular weight excluding hydrogens is 430 g/mol. The maximum Gasteiger partial charge on any atom is 0.264 e. The number of amides is 1. The van der Waals surface area contributed by atoms with Crippen LogP contribution in [-0.4, -0.2) is 27.1 Å². The molecule has 3 aromatic carbocycles. The second-order valence-corrected chi connectivity index (χ2v) is 9.26. The van der Waals surface area contributed by atoms with E-state index in [9.17, 15) is 22.0 Å². The predicted octanol–water partition coefficient (Wildman–Crippen LogP) is 4.52. The summed E-state index contributed by atoms with van der Waals surface area (Å²) in [4.78, 5) is 12.8. The molecule has 0 unspecified atom stereocenters. The van der Waals surface area contributed by atoms with E-state index in [0.29, 0.717) is 16.6 Å². The van der Waals surface area contributed by atoms with Crippen LogP contribution < -0.4 is 9.62 Å². The molecule has 3 rings (SSSR count). The Morgan fingerprint density at radius 1 is 1.00 bits per heavy atom. The number of hydrogen-bond acceptors (Lipinski definition) is 4. The van der Waals surface area contributed by atoms with E-state index in [4.69, 9.17) is 0 Å². The number of halogens is 2. The SMILES string of the molecule is CN(c1ccccc1)S(=O)(=O)c1ccc(SCC(=O)Nc2ccc(F)cc2F)cc1. The van der Waals surface area contributed by atoms with Gasteiger partial charge in [-0.25, -0.2) is 17.2 Å². The Kier molecular flexibility index (Phi) is 6.73. The van der Waals surface area contributed by atoms with Gasteiger partial charge in [0.25, 0.3) is 10.0 Å². The Labute approximate surface area is 177 Å². The largest absolute Gasteiger partial charge is 0.323 e. The Hall–Kier alpha value is -2.91. The minimum atomic E-state index is -3.72. The fourth-order valence-corrected chi connectivity index (χ4v) is 4.46. The lowest BCUT2D eigenvalue weighted by atomic mass is 10.3. The molecule has 0 aliphatic rings. The van der Waals surface area contributed by atoms with Crippen LogP contribution in [0.25, 0.3) is 0 Å². The first-order valence-corrected chi connectivity index (χ1v) is 11.2. The normalized spacial score (nSPS) is 11.2. The van der Waals surface area contributed by atoms with E-state index in [1.165, 1.54) is 23.5 Å². The number of rotatable bonds is 7. The quantitative estimate of drug-likeness (QED) is 0.540. The number of anilines is 2. The summed E-state index contributed by atoms with van der Waals surface area (Å²) in [6.45, 7) is 0. The Balaban J connectivity index is 1.62. The van der Waals surface area contributed by atoms with E-state index in [1.807, 2.05) is 0 Å². The molecule has 0 aromatic heterocycles. The maximum absolute atomic E-state index is 13.6. The molecule has 9 heteroatoms. The molecule has 156 valence electrons. The predicted molar refractivity (Wildman–Crippen MR) is 114 cm³/mol. The number of sulfonamides is 1. The summed E-state index contributed by atoms with van der Waals surface area (Å²) in [6.07, 6.45) is 0. The van der Waals surface area contributed by atoms with Gasteiger partial charge in [-0.15, -0.1) is 11.8 Å². The van der Waals surface area contributed by atoms with Gasteiger partial charge in [-0.3, -0.25) is 9.10 Å². The fourth-order valence-electron chi connectivity index (χ4n) is 2.57. The maximum atomic E-state index is 13.6. The van der Waals surface area contributed by atoms with E-state index in [0.717, 1.165) is 23.9 Å². The van der Waals surface area contributed by atoms with Crippen molar-refractivity contribution in [1.29, 1.82) is 0 Å². The molecule has 0 bridgehead atoms. The van der Waals surface area contributed by atoms with Crippen LogP contribution in [0.5, 0.6) is 0 Å². The number of nitrogens with zero attached hydrogens (tertiary/aromatic N) is 1. The Morgan fingerprint density at radius 3 is 2.30 bits per heavy atom. The summed E-state index contributed by atoms with van der Waals surface area (Å²) < 4.78 is 53.2. The van der Waals surface area contributed by atoms with Crippen LogP contribution in [0.15, 0.2) is 82.6 Å². The van der Waals surface area contributed by atoms with Crippen molar-refractivity contribution in [2.75, 3.05) is 22.4 Å². The van der Waals surface area contributed by atoms with Gasteiger partial charge in [0, 0.05) is 18.0 Å². The zero-order valence-corrected chi connectivity index (χ0v) is 17.5. The molecule has 0 fully saturated rings. The summed E-state index contributed by atoms with van der Waals surface area (Å²) in [5.41, 5.74) is 0.438. The highest BCUT2D eigenvalue weighted by atomic mass is 32.2. The van der Waals surface area contributed by atoms with Crippen molar-refractivity contribution < 1.29 is 22.0 Å². The van der Waals surface area contributed by atoms with E-state index >= 15 is 0 Å². The molecule has 1 amide bonds. The van der Waals surface area contributed by atoms with E-state index in [2.05, 4.69) is 5.32 Å². The van der Waals surface area contributed by atoms with Gasteiger partial charge >= 0.3 is 0 Å². The molecule has 0 saturated carbocycles. The van der Waals surface area contributed by atoms with Gasteiger partial charge in [0.1, 0.15) is 11.6 Å². The molecule has 0 atom stereocenters. The standard InChI is InChI=1S/C21H18F2N2O3S2/c1-25(16-5-3-2-4-6-16)30(27,28)18-10-8-17(9-11-18)29-14-21(26)24-20-12-7-15(22)13-19(20)23/h2-13H,14H2,1H3,(H,24,26). The highest BCUT2D eigenvalue weighted by Crippen LogP contribution is 2.25. The van der Waals surface area contributed by atoms with Crippen molar-refractivity contribution in [1.82, 2.24) is 0 Å². The third-order valence-corrected chi connectivity index (χ3v) is 6.99. The van der Waals surface area contributed by atoms with Gasteiger partial charge < -0.3 is 5.32 Å². The fraction of sp³-hybridized carbons (Fsp3) is 0.0952. The second-order valence-electron chi connectivity index (χ2n) is 6.24. The molecule has 0 aliphatic carbocycles. The molecule has 0 heterocycles. The van der Waals surface area contributed by atoms with Crippen molar-refractivity contribution in [2.45, 2.75) is 9.79 Å². The summed E-state index contributed by atoms with van der Waals surface area (Å²) in [6, 6.07) is 17.7. The first-order chi connectivity index (χ1) is 14.3. The number of carbonyl (C=O) groups excluding carboxylic acids is 1. The van der Waals surface area contributed by atoms with E-state index in [-0.39, 0.29) is 16.3 Å². The number of thioether (sulfide) groups is 1. The number of nitrogens with one attached hydrogen (secondary N) is 1. The topological polar surface area (TPSA) is 66.5 Å². The van der Waals surface area contributed by atoms with Crippen LogP contribution in [0.4, 0.5) is 20.2 Å². The van der Waals surface area contributed by atoms with Crippen molar-refractivity contribution in [2.24, 2.45) is 0 Å². The molecular formula is C21H18F2N2O3S2. The second kappa shape index (κ2) is 9.27. The molecule has 0 aliphatic heterocycles. The van der Waals surface area contributed by atoms with Crippen molar-refractivity contribution in [3.05, 3.63) is 84.4 Å². The van der Waals surface area contributed by atoms with Gasteiger partial charge in [0.15, 0.2) is 0 Å². The first-order valence-electron chi connectivity index (χ1n) is 8.79. The number of carbonyl (C=O) groups is 1. The third kappa shape index (κ3) is 5.17. The van der Waals surface area contributed by atoms with Gasteiger partial charge in [-0.05, 0) is 48.5 Å². The third-order valence-electron chi connectivity index (χ3n) is 4.18. The zero-order chi connectivity index (χ0) is 21.7. The van der Waals surface area contributed by atoms with Crippen molar-refractivity contribution in [3.8, 4) is 0 Å². The Morgan fingerprint density at radius 2 is 1.67 bits per heavy atom. The number of benzene rings is 3. The van der Waals surface area contributed by atoms with Crippen LogP contribution in [0.3, 0.4) is 0 Å². The number of hydrogen-bond donors (Lipinski definition) is 1. The van der Waals surface area contributed by atoms with Gasteiger partial charge in [0.05, 0.1) is 22.0 Å². The minimum absolute atomic E-state index is 0.0210. The van der Waals surface area contributed by atoms with Gasteiger partial charge in [-0.2, -0.15) is 0 Å². The minimum Gasteiger partial charge on any atom is -0.323 e. The lowest BCUT2D eigenvalue weighted by molar-refractivity contribution is -0.113. The van der Waals surface area contributed by atoms with Crippen LogP contribution in [0.2, 0.25) is 0 Å².